The van der Waals surface area contributed by atoms with Gasteiger partial charge in [-0.05, 0) is 41.7 Å². The van der Waals surface area contributed by atoms with Gasteiger partial charge in [0.05, 0.1) is 12.6 Å². The van der Waals surface area contributed by atoms with Crippen LogP contribution in [0.15, 0.2) is 54.7 Å². The van der Waals surface area contributed by atoms with Crippen LogP contribution in [0.4, 0.5) is 0 Å². The SMILES string of the molecule is CC(C)CC(N)C(=O)NC(Cc1c[nH]c2ccccc12)C(=O)NCC(=O)NC(Cc1ccc(O)cc1)C(=O)O. The molecule has 2 aromatic carbocycles. The standard InChI is InChI=1S/C28H35N5O6/c1-16(2)11-21(29)26(36)33-23(13-18-14-30-22-6-4-3-5-20(18)22)27(37)31-15-25(35)32-24(28(38)39)12-17-7-9-19(34)10-8-17/h3-10,14,16,21,23-24,30,34H,11-13,15,29H2,1-2H3,(H,31,37)(H,32,35)(H,33,36)(H,38,39). The first-order valence-corrected chi connectivity index (χ1v) is 12.7. The third kappa shape index (κ3) is 8.57. The molecule has 3 atom stereocenters. The van der Waals surface area contributed by atoms with Crippen LogP contribution in [0.3, 0.4) is 0 Å². The maximum absolute atomic E-state index is 13.1. The van der Waals surface area contributed by atoms with E-state index in [0.717, 1.165) is 16.5 Å². The van der Waals surface area contributed by atoms with Gasteiger partial charge in [-0.25, -0.2) is 4.79 Å². The van der Waals surface area contributed by atoms with Crippen LogP contribution >= 0.6 is 0 Å². The molecule has 3 unspecified atom stereocenters. The molecule has 11 heteroatoms. The Balaban J connectivity index is 1.66. The second-order valence-corrected chi connectivity index (χ2v) is 9.91. The monoisotopic (exact) mass is 537 g/mol. The van der Waals surface area contributed by atoms with Gasteiger partial charge in [-0.2, -0.15) is 0 Å². The number of aromatic hydroxyl groups is 1. The summed E-state index contributed by atoms with van der Waals surface area (Å²) in [4.78, 5) is 53.2. The molecule has 11 nitrogen and oxygen atoms in total. The normalized spacial score (nSPS) is 13.4. The van der Waals surface area contributed by atoms with E-state index < -0.39 is 48.4 Å². The lowest BCUT2D eigenvalue weighted by Crippen LogP contribution is -2.54. The third-order valence-electron chi connectivity index (χ3n) is 6.23. The zero-order valence-corrected chi connectivity index (χ0v) is 21.9. The lowest BCUT2D eigenvalue weighted by molar-refractivity contribution is -0.141. The number of carboxylic acid groups (broad SMARTS) is 1. The number of amides is 3. The zero-order valence-electron chi connectivity index (χ0n) is 21.9. The lowest BCUT2D eigenvalue weighted by atomic mass is 10.0. The molecule has 0 aliphatic rings. The van der Waals surface area contributed by atoms with Crippen molar-refractivity contribution in [1.29, 1.82) is 0 Å². The maximum Gasteiger partial charge on any atom is 0.326 e. The molecule has 3 amide bonds. The summed E-state index contributed by atoms with van der Waals surface area (Å²) < 4.78 is 0. The van der Waals surface area contributed by atoms with Crippen molar-refractivity contribution >= 4 is 34.6 Å². The number of aromatic nitrogens is 1. The number of aromatic amines is 1. The van der Waals surface area contributed by atoms with E-state index in [1.165, 1.54) is 12.1 Å². The minimum Gasteiger partial charge on any atom is -0.508 e. The Bertz CT molecular complexity index is 1300. The number of carbonyl (C=O) groups excluding carboxylic acids is 3. The van der Waals surface area contributed by atoms with E-state index in [9.17, 15) is 29.4 Å². The van der Waals surface area contributed by atoms with E-state index >= 15 is 0 Å². The Hall–Kier alpha value is -4.38. The summed E-state index contributed by atoms with van der Waals surface area (Å²) >= 11 is 0. The molecule has 3 aromatic rings. The summed E-state index contributed by atoms with van der Waals surface area (Å²) in [5.74, 6) is -2.82. The molecule has 3 rings (SSSR count). The topological polar surface area (TPSA) is 187 Å². The first-order valence-electron chi connectivity index (χ1n) is 12.7. The van der Waals surface area contributed by atoms with Crippen LogP contribution in [0.25, 0.3) is 10.9 Å². The third-order valence-corrected chi connectivity index (χ3v) is 6.23. The van der Waals surface area contributed by atoms with E-state index in [-0.39, 0.29) is 24.5 Å². The van der Waals surface area contributed by atoms with E-state index in [1.807, 2.05) is 38.1 Å². The molecule has 0 spiro atoms. The number of aliphatic carboxylic acids is 1. The number of phenolic OH excluding ortho intramolecular Hbond substituents is 1. The Kier molecular flexibility index (Phi) is 10.0. The van der Waals surface area contributed by atoms with Crippen molar-refractivity contribution in [2.75, 3.05) is 6.54 Å². The number of H-pyrrole nitrogens is 1. The molecular formula is C28H35N5O6. The van der Waals surface area contributed by atoms with Crippen LogP contribution in [0.1, 0.15) is 31.4 Å². The summed E-state index contributed by atoms with van der Waals surface area (Å²) in [6, 6.07) is 10.4. The van der Waals surface area contributed by atoms with Gasteiger partial charge in [0, 0.05) is 29.9 Å². The second-order valence-electron chi connectivity index (χ2n) is 9.91. The van der Waals surface area contributed by atoms with Crippen LogP contribution in [0.5, 0.6) is 5.75 Å². The Morgan fingerprint density at radius 1 is 0.923 bits per heavy atom. The van der Waals surface area contributed by atoms with Gasteiger partial charge in [-0.3, -0.25) is 14.4 Å². The molecule has 0 aliphatic carbocycles. The number of carboxylic acids is 1. The quantitative estimate of drug-likeness (QED) is 0.171. The van der Waals surface area contributed by atoms with E-state index in [0.29, 0.717) is 12.0 Å². The molecule has 8 N–H and O–H groups in total. The average Bonchev–Trinajstić information content (AvgIpc) is 3.30. The maximum atomic E-state index is 13.1. The number of benzene rings is 2. The summed E-state index contributed by atoms with van der Waals surface area (Å²) in [5.41, 5.74) is 8.30. The lowest BCUT2D eigenvalue weighted by Gasteiger charge is -2.22. The molecule has 0 radical (unpaired) electrons. The van der Waals surface area contributed by atoms with Crippen molar-refractivity contribution in [2.45, 2.75) is 51.2 Å². The number of para-hydroxylation sites is 1. The molecule has 0 bridgehead atoms. The zero-order chi connectivity index (χ0) is 28.5. The van der Waals surface area contributed by atoms with Crippen molar-refractivity contribution in [3.05, 3.63) is 65.9 Å². The van der Waals surface area contributed by atoms with Crippen molar-refractivity contribution in [3.8, 4) is 5.75 Å². The molecule has 0 fully saturated rings. The molecule has 0 saturated carbocycles. The highest BCUT2D eigenvalue weighted by Crippen LogP contribution is 2.19. The fourth-order valence-electron chi connectivity index (χ4n) is 4.23. The van der Waals surface area contributed by atoms with Crippen molar-refractivity contribution in [3.63, 3.8) is 0 Å². The summed E-state index contributed by atoms with van der Waals surface area (Å²) in [6.07, 6.45) is 2.34. The number of hydrogen-bond donors (Lipinski definition) is 7. The number of fused-ring (bicyclic) bond motifs is 1. The van der Waals surface area contributed by atoms with Gasteiger partial charge < -0.3 is 36.9 Å². The van der Waals surface area contributed by atoms with Crippen LogP contribution in [-0.2, 0) is 32.0 Å². The Morgan fingerprint density at radius 3 is 2.28 bits per heavy atom. The summed E-state index contributed by atoms with van der Waals surface area (Å²) in [5, 5.41) is 27.4. The van der Waals surface area contributed by atoms with Crippen LogP contribution in [0, 0.1) is 5.92 Å². The predicted octanol–water partition coefficient (Wildman–Crippen LogP) is 1.20. The molecule has 1 heterocycles. The van der Waals surface area contributed by atoms with Crippen LogP contribution in [-0.4, -0.2) is 63.6 Å². The van der Waals surface area contributed by atoms with Crippen LogP contribution < -0.4 is 21.7 Å². The first kappa shape index (κ1) is 29.2. The fourth-order valence-corrected chi connectivity index (χ4v) is 4.23. The van der Waals surface area contributed by atoms with Crippen molar-refractivity contribution < 1.29 is 29.4 Å². The first-order chi connectivity index (χ1) is 18.5. The highest BCUT2D eigenvalue weighted by atomic mass is 16.4. The van der Waals surface area contributed by atoms with Gasteiger partial charge in [0.1, 0.15) is 17.8 Å². The van der Waals surface area contributed by atoms with Crippen LogP contribution in [0.2, 0.25) is 0 Å². The molecule has 1 aromatic heterocycles. The minimum atomic E-state index is -1.24. The second kappa shape index (κ2) is 13.4. The number of rotatable bonds is 13. The Morgan fingerprint density at radius 2 is 1.62 bits per heavy atom. The predicted molar refractivity (Wildman–Crippen MR) is 146 cm³/mol. The van der Waals surface area contributed by atoms with Gasteiger partial charge in [0.25, 0.3) is 0 Å². The Labute approximate surface area is 226 Å². The number of hydrogen-bond acceptors (Lipinski definition) is 6. The highest BCUT2D eigenvalue weighted by molar-refractivity contribution is 5.93. The van der Waals surface area contributed by atoms with Gasteiger partial charge in [-0.15, -0.1) is 0 Å². The largest absolute Gasteiger partial charge is 0.508 e. The van der Waals surface area contributed by atoms with Gasteiger partial charge in [0.2, 0.25) is 17.7 Å². The molecular weight excluding hydrogens is 502 g/mol. The minimum absolute atomic E-state index is 0.0116. The van der Waals surface area contributed by atoms with E-state index in [2.05, 4.69) is 20.9 Å². The van der Waals surface area contributed by atoms with Gasteiger partial charge >= 0.3 is 5.97 Å². The van der Waals surface area contributed by atoms with E-state index in [4.69, 9.17) is 5.73 Å². The average molecular weight is 538 g/mol. The van der Waals surface area contributed by atoms with Crippen molar-refractivity contribution in [2.24, 2.45) is 11.7 Å². The molecule has 0 aliphatic heterocycles. The van der Waals surface area contributed by atoms with Gasteiger partial charge in [-0.1, -0.05) is 44.2 Å². The summed E-state index contributed by atoms with van der Waals surface area (Å²) in [7, 11) is 0. The number of carbonyl (C=O) groups is 4. The van der Waals surface area contributed by atoms with Crippen molar-refractivity contribution in [1.82, 2.24) is 20.9 Å². The molecule has 0 saturated heterocycles. The fraction of sp³-hybridized carbons (Fsp3) is 0.357. The number of phenols is 1. The van der Waals surface area contributed by atoms with E-state index in [1.54, 1.807) is 18.3 Å². The molecule has 208 valence electrons. The molecule has 39 heavy (non-hydrogen) atoms. The number of nitrogens with one attached hydrogen (secondary N) is 4. The highest BCUT2D eigenvalue weighted by Gasteiger charge is 2.27. The smallest absolute Gasteiger partial charge is 0.326 e. The number of nitrogens with two attached hydrogens (primary N) is 1. The van der Waals surface area contributed by atoms with Gasteiger partial charge in [0.15, 0.2) is 0 Å². The summed E-state index contributed by atoms with van der Waals surface area (Å²) in [6.45, 7) is 3.39.